The number of carbonyl (C=O) groups is 1. The summed E-state index contributed by atoms with van der Waals surface area (Å²) >= 11 is 6.48. The van der Waals surface area contributed by atoms with E-state index in [2.05, 4.69) is 34.5 Å². The minimum Gasteiger partial charge on any atom is -0.489 e. The lowest BCUT2D eigenvalue weighted by molar-refractivity contribution is 0.0778. The highest BCUT2D eigenvalue weighted by Crippen LogP contribution is 2.31. The zero-order chi connectivity index (χ0) is 21.2. The highest BCUT2D eigenvalue weighted by Gasteiger charge is 2.30. The predicted octanol–water partition coefficient (Wildman–Crippen LogP) is 5.02. The SMILES string of the molecule is O=C(NC1CCCC1)c1ccc(OC2CCN(C3Cc4ccccc4C3)CC2)c(Cl)c1. The van der Waals surface area contributed by atoms with Gasteiger partial charge in [-0.05, 0) is 67.9 Å². The highest BCUT2D eigenvalue weighted by atomic mass is 35.5. The maximum absolute atomic E-state index is 12.5. The van der Waals surface area contributed by atoms with E-state index < -0.39 is 0 Å². The molecule has 0 atom stereocenters. The fraction of sp³-hybridized carbons (Fsp3) is 0.500. The van der Waals surface area contributed by atoms with Gasteiger partial charge in [-0.1, -0.05) is 48.7 Å². The topological polar surface area (TPSA) is 41.6 Å². The van der Waals surface area contributed by atoms with Crippen LogP contribution < -0.4 is 10.1 Å². The number of fused-ring (bicyclic) bond motifs is 1. The molecule has 1 heterocycles. The molecule has 3 aliphatic rings. The molecule has 0 bridgehead atoms. The summed E-state index contributed by atoms with van der Waals surface area (Å²) < 4.78 is 6.24. The molecule has 2 aromatic rings. The number of halogens is 1. The lowest BCUT2D eigenvalue weighted by Crippen LogP contribution is -2.44. The van der Waals surface area contributed by atoms with Crippen molar-refractivity contribution in [3.8, 4) is 5.75 Å². The Bertz CT molecular complexity index is 908. The van der Waals surface area contributed by atoms with E-state index in [1.807, 2.05) is 12.1 Å². The Labute approximate surface area is 189 Å². The van der Waals surface area contributed by atoms with Crippen LogP contribution in [-0.4, -0.2) is 42.1 Å². The number of ether oxygens (including phenoxy) is 1. The summed E-state index contributed by atoms with van der Waals surface area (Å²) in [6.45, 7) is 2.12. The van der Waals surface area contributed by atoms with E-state index >= 15 is 0 Å². The molecule has 4 nitrogen and oxygen atoms in total. The Morgan fingerprint density at radius 1 is 0.968 bits per heavy atom. The van der Waals surface area contributed by atoms with E-state index in [-0.39, 0.29) is 12.0 Å². The Kier molecular flexibility index (Phi) is 6.20. The first-order chi connectivity index (χ1) is 15.2. The summed E-state index contributed by atoms with van der Waals surface area (Å²) in [4.78, 5) is 15.1. The van der Waals surface area contributed by atoms with E-state index in [0.29, 0.717) is 28.4 Å². The van der Waals surface area contributed by atoms with Crippen LogP contribution in [0.3, 0.4) is 0 Å². The van der Waals surface area contributed by atoms with Crippen molar-refractivity contribution in [2.75, 3.05) is 13.1 Å². The van der Waals surface area contributed by atoms with E-state index in [4.69, 9.17) is 16.3 Å². The number of benzene rings is 2. The Morgan fingerprint density at radius 2 is 1.65 bits per heavy atom. The molecule has 2 aliphatic carbocycles. The molecule has 1 saturated carbocycles. The van der Waals surface area contributed by atoms with Crippen LogP contribution in [0.5, 0.6) is 5.75 Å². The van der Waals surface area contributed by atoms with Gasteiger partial charge in [0, 0.05) is 30.7 Å². The predicted molar refractivity (Wildman–Crippen MR) is 124 cm³/mol. The van der Waals surface area contributed by atoms with Crippen molar-refractivity contribution in [3.63, 3.8) is 0 Å². The quantitative estimate of drug-likeness (QED) is 0.712. The molecule has 0 spiro atoms. The molecule has 2 aromatic carbocycles. The van der Waals surface area contributed by atoms with Crippen molar-refractivity contribution in [2.45, 2.75) is 69.6 Å². The van der Waals surface area contributed by atoms with E-state index in [0.717, 1.165) is 51.6 Å². The van der Waals surface area contributed by atoms with Crippen molar-refractivity contribution in [2.24, 2.45) is 0 Å². The van der Waals surface area contributed by atoms with Crippen molar-refractivity contribution in [1.82, 2.24) is 10.2 Å². The summed E-state index contributed by atoms with van der Waals surface area (Å²) in [5.74, 6) is 0.650. The second-order valence-electron chi connectivity index (χ2n) is 9.28. The molecule has 0 radical (unpaired) electrons. The highest BCUT2D eigenvalue weighted by molar-refractivity contribution is 6.32. The third-order valence-electron chi connectivity index (χ3n) is 7.20. The smallest absolute Gasteiger partial charge is 0.251 e. The number of likely N-dealkylation sites (tertiary alicyclic amines) is 1. The molecule has 5 heteroatoms. The van der Waals surface area contributed by atoms with Crippen molar-refractivity contribution in [3.05, 3.63) is 64.2 Å². The monoisotopic (exact) mass is 438 g/mol. The average molecular weight is 439 g/mol. The maximum Gasteiger partial charge on any atom is 0.251 e. The summed E-state index contributed by atoms with van der Waals surface area (Å²) in [6, 6.07) is 15.2. The number of hydrogen-bond donors (Lipinski definition) is 1. The van der Waals surface area contributed by atoms with Gasteiger partial charge in [-0.2, -0.15) is 0 Å². The van der Waals surface area contributed by atoms with Crippen LogP contribution in [0, 0.1) is 0 Å². The van der Waals surface area contributed by atoms with Crippen LogP contribution in [-0.2, 0) is 12.8 Å². The molecular weight excluding hydrogens is 408 g/mol. The molecular formula is C26H31ClN2O2. The van der Waals surface area contributed by atoms with Crippen LogP contribution in [0.1, 0.15) is 60.0 Å². The van der Waals surface area contributed by atoms with Crippen LogP contribution in [0.25, 0.3) is 0 Å². The minimum absolute atomic E-state index is 0.0359. The van der Waals surface area contributed by atoms with Crippen molar-refractivity contribution in [1.29, 1.82) is 0 Å². The first-order valence-corrected chi connectivity index (χ1v) is 12.1. The van der Waals surface area contributed by atoms with E-state index in [1.54, 1.807) is 6.07 Å². The number of amides is 1. The van der Waals surface area contributed by atoms with Gasteiger partial charge in [-0.15, -0.1) is 0 Å². The first kappa shape index (κ1) is 20.8. The van der Waals surface area contributed by atoms with Gasteiger partial charge in [0.2, 0.25) is 0 Å². The zero-order valence-electron chi connectivity index (χ0n) is 18.0. The first-order valence-electron chi connectivity index (χ1n) is 11.7. The van der Waals surface area contributed by atoms with Gasteiger partial charge in [-0.25, -0.2) is 0 Å². The summed E-state index contributed by atoms with van der Waals surface area (Å²) in [5.41, 5.74) is 3.63. The molecule has 164 valence electrons. The van der Waals surface area contributed by atoms with Crippen LogP contribution in [0.2, 0.25) is 5.02 Å². The molecule has 5 rings (SSSR count). The molecule has 1 aliphatic heterocycles. The van der Waals surface area contributed by atoms with E-state index in [1.165, 1.54) is 24.0 Å². The second-order valence-corrected chi connectivity index (χ2v) is 9.69. The van der Waals surface area contributed by atoms with Gasteiger partial charge in [-0.3, -0.25) is 9.69 Å². The third-order valence-corrected chi connectivity index (χ3v) is 7.50. The Hall–Kier alpha value is -2.04. The standard InChI is InChI=1S/C26H31ClN2O2/c27-24-17-20(26(30)28-21-7-3-4-8-21)9-10-25(24)31-23-11-13-29(14-12-23)22-15-18-5-1-2-6-19(18)16-22/h1-2,5-6,9-10,17,21-23H,3-4,7-8,11-16H2,(H,28,30). The zero-order valence-corrected chi connectivity index (χ0v) is 18.7. The minimum atomic E-state index is -0.0359. The largest absolute Gasteiger partial charge is 0.489 e. The molecule has 1 amide bonds. The van der Waals surface area contributed by atoms with Crippen LogP contribution >= 0.6 is 11.6 Å². The Morgan fingerprint density at radius 3 is 2.29 bits per heavy atom. The number of hydrogen-bond acceptors (Lipinski definition) is 3. The lowest BCUT2D eigenvalue weighted by Gasteiger charge is -2.36. The van der Waals surface area contributed by atoms with Crippen LogP contribution in [0.15, 0.2) is 42.5 Å². The van der Waals surface area contributed by atoms with Gasteiger partial charge in [0.25, 0.3) is 5.91 Å². The molecule has 0 unspecified atom stereocenters. The number of carbonyl (C=O) groups excluding carboxylic acids is 1. The molecule has 1 saturated heterocycles. The van der Waals surface area contributed by atoms with Gasteiger partial charge >= 0.3 is 0 Å². The third kappa shape index (κ3) is 4.75. The molecule has 0 aromatic heterocycles. The Balaban J connectivity index is 1.13. The van der Waals surface area contributed by atoms with Crippen molar-refractivity contribution >= 4 is 17.5 Å². The van der Waals surface area contributed by atoms with Crippen molar-refractivity contribution < 1.29 is 9.53 Å². The van der Waals surface area contributed by atoms with E-state index in [9.17, 15) is 4.79 Å². The normalized spacial score (nSPS) is 20.7. The van der Waals surface area contributed by atoms with Gasteiger partial charge in [0.05, 0.1) is 5.02 Å². The van der Waals surface area contributed by atoms with Gasteiger partial charge < -0.3 is 10.1 Å². The number of nitrogens with zero attached hydrogens (tertiary/aromatic N) is 1. The lowest BCUT2D eigenvalue weighted by atomic mass is 10.0. The van der Waals surface area contributed by atoms with Crippen LogP contribution in [0.4, 0.5) is 0 Å². The second kappa shape index (κ2) is 9.22. The number of piperidine rings is 1. The number of nitrogens with one attached hydrogen (secondary N) is 1. The summed E-state index contributed by atoms with van der Waals surface area (Å²) in [5, 5.41) is 3.64. The molecule has 31 heavy (non-hydrogen) atoms. The maximum atomic E-state index is 12.5. The summed E-state index contributed by atoms with van der Waals surface area (Å²) in [6.07, 6.45) is 9.07. The molecule has 2 fully saturated rings. The fourth-order valence-corrected chi connectivity index (χ4v) is 5.63. The average Bonchev–Trinajstić information content (AvgIpc) is 3.45. The van der Waals surface area contributed by atoms with Gasteiger partial charge in [0.15, 0.2) is 0 Å². The number of rotatable bonds is 5. The fourth-order valence-electron chi connectivity index (χ4n) is 5.41. The summed E-state index contributed by atoms with van der Waals surface area (Å²) in [7, 11) is 0. The van der Waals surface area contributed by atoms with Gasteiger partial charge in [0.1, 0.15) is 11.9 Å². The molecule has 1 N–H and O–H groups in total.